The van der Waals surface area contributed by atoms with E-state index in [1.54, 1.807) is 0 Å². The standard InChI is InChI=1S/C15H17ClN2/c1-11-3-8-14(17)9-15(11)18(2)10-12-4-6-13(16)7-5-12/h3-9H,10,17H2,1-2H3. The fourth-order valence-corrected chi connectivity index (χ4v) is 2.11. The lowest BCUT2D eigenvalue weighted by Gasteiger charge is -2.22. The summed E-state index contributed by atoms with van der Waals surface area (Å²) in [5, 5.41) is 0.765. The van der Waals surface area contributed by atoms with Gasteiger partial charge in [-0.3, -0.25) is 0 Å². The predicted molar refractivity (Wildman–Crippen MR) is 79.2 cm³/mol. The van der Waals surface area contributed by atoms with Crippen molar-refractivity contribution in [2.75, 3.05) is 17.7 Å². The summed E-state index contributed by atoms with van der Waals surface area (Å²) in [6.45, 7) is 2.93. The first-order valence-electron chi connectivity index (χ1n) is 5.88. The molecule has 0 fully saturated rings. The first kappa shape index (κ1) is 12.8. The molecule has 0 bridgehead atoms. The van der Waals surface area contributed by atoms with E-state index in [-0.39, 0.29) is 0 Å². The van der Waals surface area contributed by atoms with Gasteiger partial charge in [0.05, 0.1) is 0 Å². The quantitative estimate of drug-likeness (QED) is 0.849. The molecule has 0 aliphatic heterocycles. The molecular formula is C15H17ClN2. The van der Waals surface area contributed by atoms with E-state index in [9.17, 15) is 0 Å². The Morgan fingerprint density at radius 2 is 1.78 bits per heavy atom. The number of rotatable bonds is 3. The molecule has 0 spiro atoms. The maximum absolute atomic E-state index is 5.88. The summed E-state index contributed by atoms with van der Waals surface area (Å²) in [6.07, 6.45) is 0. The van der Waals surface area contributed by atoms with Crippen molar-refractivity contribution in [1.82, 2.24) is 0 Å². The highest BCUT2D eigenvalue weighted by atomic mass is 35.5. The van der Waals surface area contributed by atoms with Gasteiger partial charge in [-0.15, -0.1) is 0 Å². The molecule has 3 heteroatoms. The number of aryl methyl sites for hydroxylation is 1. The smallest absolute Gasteiger partial charge is 0.0426 e. The van der Waals surface area contributed by atoms with E-state index in [2.05, 4.69) is 18.9 Å². The fourth-order valence-electron chi connectivity index (χ4n) is 1.99. The Morgan fingerprint density at radius 1 is 1.11 bits per heavy atom. The van der Waals surface area contributed by atoms with E-state index in [0.717, 1.165) is 22.9 Å². The van der Waals surface area contributed by atoms with E-state index < -0.39 is 0 Å². The largest absolute Gasteiger partial charge is 0.399 e. The lowest BCUT2D eigenvalue weighted by Crippen LogP contribution is -2.17. The van der Waals surface area contributed by atoms with Crippen molar-refractivity contribution in [1.29, 1.82) is 0 Å². The average molecular weight is 261 g/mol. The SMILES string of the molecule is Cc1ccc(N)cc1N(C)Cc1ccc(Cl)cc1. The summed E-state index contributed by atoms with van der Waals surface area (Å²) in [5.41, 5.74) is 10.2. The lowest BCUT2D eigenvalue weighted by atomic mass is 10.1. The minimum Gasteiger partial charge on any atom is -0.399 e. The van der Waals surface area contributed by atoms with Crippen LogP contribution in [-0.2, 0) is 6.54 Å². The van der Waals surface area contributed by atoms with Crippen LogP contribution in [0.5, 0.6) is 0 Å². The zero-order valence-corrected chi connectivity index (χ0v) is 11.4. The molecule has 0 amide bonds. The topological polar surface area (TPSA) is 29.3 Å². The molecule has 0 heterocycles. The van der Waals surface area contributed by atoms with E-state index in [0.29, 0.717) is 0 Å². The highest BCUT2D eigenvalue weighted by molar-refractivity contribution is 6.30. The van der Waals surface area contributed by atoms with Gasteiger partial charge in [0.15, 0.2) is 0 Å². The molecule has 0 radical (unpaired) electrons. The van der Waals surface area contributed by atoms with Crippen LogP contribution in [0, 0.1) is 6.92 Å². The van der Waals surface area contributed by atoms with Crippen LogP contribution in [0.25, 0.3) is 0 Å². The Kier molecular flexibility index (Phi) is 3.78. The fraction of sp³-hybridized carbons (Fsp3) is 0.200. The van der Waals surface area contributed by atoms with Gasteiger partial charge in [0, 0.05) is 30.0 Å². The second kappa shape index (κ2) is 5.32. The molecule has 0 saturated heterocycles. The predicted octanol–water partition coefficient (Wildman–Crippen LogP) is 3.87. The molecule has 0 aliphatic carbocycles. The normalized spacial score (nSPS) is 10.4. The Hall–Kier alpha value is -1.67. The molecule has 0 saturated carbocycles. The third-order valence-corrected chi connectivity index (χ3v) is 3.23. The van der Waals surface area contributed by atoms with Gasteiger partial charge in [-0.1, -0.05) is 29.8 Å². The average Bonchev–Trinajstić information content (AvgIpc) is 2.35. The summed E-state index contributed by atoms with van der Waals surface area (Å²) < 4.78 is 0. The first-order chi connectivity index (χ1) is 8.56. The van der Waals surface area contributed by atoms with Crippen LogP contribution in [-0.4, -0.2) is 7.05 Å². The van der Waals surface area contributed by atoms with Gasteiger partial charge < -0.3 is 10.6 Å². The molecule has 2 aromatic rings. The molecule has 94 valence electrons. The van der Waals surface area contributed by atoms with Crippen LogP contribution in [0.3, 0.4) is 0 Å². The molecule has 18 heavy (non-hydrogen) atoms. The number of nitrogen functional groups attached to an aromatic ring is 1. The van der Waals surface area contributed by atoms with E-state index in [1.807, 2.05) is 42.5 Å². The molecule has 0 aromatic heterocycles. The maximum Gasteiger partial charge on any atom is 0.0426 e. The summed E-state index contributed by atoms with van der Waals surface area (Å²) in [6, 6.07) is 13.9. The molecule has 2 aromatic carbocycles. The minimum atomic E-state index is 0.765. The van der Waals surface area contributed by atoms with Crippen molar-refractivity contribution in [3.8, 4) is 0 Å². The van der Waals surface area contributed by atoms with Gasteiger partial charge in [-0.2, -0.15) is 0 Å². The van der Waals surface area contributed by atoms with Crippen LogP contribution >= 0.6 is 11.6 Å². The van der Waals surface area contributed by atoms with Crippen molar-refractivity contribution >= 4 is 23.0 Å². The van der Waals surface area contributed by atoms with E-state index in [4.69, 9.17) is 17.3 Å². The number of nitrogens with two attached hydrogens (primary N) is 1. The molecule has 0 unspecified atom stereocenters. The van der Waals surface area contributed by atoms with E-state index in [1.165, 1.54) is 11.1 Å². The zero-order chi connectivity index (χ0) is 13.1. The third kappa shape index (κ3) is 2.96. The number of halogens is 1. The molecule has 0 atom stereocenters. The van der Waals surface area contributed by atoms with Gasteiger partial charge >= 0.3 is 0 Å². The first-order valence-corrected chi connectivity index (χ1v) is 6.26. The van der Waals surface area contributed by atoms with Crippen LogP contribution in [0.4, 0.5) is 11.4 Å². The molecule has 2 rings (SSSR count). The van der Waals surface area contributed by atoms with Crippen LogP contribution in [0.1, 0.15) is 11.1 Å². The lowest BCUT2D eigenvalue weighted by molar-refractivity contribution is 0.918. The van der Waals surface area contributed by atoms with Crippen LogP contribution in [0.2, 0.25) is 5.02 Å². The van der Waals surface area contributed by atoms with Crippen LogP contribution in [0.15, 0.2) is 42.5 Å². The van der Waals surface area contributed by atoms with Gasteiger partial charge in [0.1, 0.15) is 0 Å². The van der Waals surface area contributed by atoms with Crippen molar-refractivity contribution in [2.24, 2.45) is 0 Å². The van der Waals surface area contributed by atoms with Crippen molar-refractivity contribution < 1.29 is 0 Å². The van der Waals surface area contributed by atoms with Gasteiger partial charge in [-0.25, -0.2) is 0 Å². The summed E-state index contributed by atoms with van der Waals surface area (Å²) in [4.78, 5) is 2.19. The van der Waals surface area contributed by atoms with Crippen molar-refractivity contribution in [2.45, 2.75) is 13.5 Å². The molecular weight excluding hydrogens is 244 g/mol. The highest BCUT2D eigenvalue weighted by Gasteiger charge is 2.06. The van der Waals surface area contributed by atoms with Gasteiger partial charge in [0.25, 0.3) is 0 Å². The Labute approximate surface area is 113 Å². The summed E-state index contributed by atoms with van der Waals surface area (Å²) in [5.74, 6) is 0. The number of anilines is 2. The number of hydrogen-bond acceptors (Lipinski definition) is 2. The Balaban J connectivity index is 2.18. The minimum absolute atomic E-state index is 0.765. The van der Waals surface area contributed by atoms with E-state index >= 15 is 0 Å². The second-order valence-electron chi connectivity index (χ2n) is 4.53. The summed E-state index contributed by atoms with van der Waals surface area (Å²) in [7, 11) is 2.07. The monoisotopic (exact) mass is 260 g/mol. The second-order valence-corrected chi connectivity index (χ2v) is 4.96. The molecule has 2 N–H and O–H groups in total. The van der Waals surface area contributed by atoms with Gasteiger partial charge in [0.2, 0.25) is 0 Å². The number of hydrogen-bond donors (Lipinski definition) is 1. The third-order valence-electron chi connectivity index (χ3n) is 2.98. The number of benzene rings is 2. The molecule has 2 nitrogen and oxygen atoms in total. The van der Waals surface area contributed by atoms with Gasteiger partial charge in [-0.05, 0) is 42.3 Å². The Bertz CT molecular complexity index is 535. The summed E-state index contributed by atoms with van der Waals surface area (Å²) >= 11 is 5.88. The van der Waals surface area contributed by atoms with Crippen LogP contribution < -0.4 is 10.6 Å². The number of nitrogens with zero attached hydrogens (tertiary/aromatic N) is 1. The van der Waals surface area contributed by atoms with Crippen molar-refractivity contribution in [3.05, 3.63) is 58.6 Å². The Morgan fingerprint density at radius 3 is 2.44 bits per heavy atom. The zero-order valence-electron chi connectivity index (χ0n) is 10.7. The molecule has 0 aliphatic rings. The highest BCUT2D eigenvalue weighted by Crippen LogP contribution is 2.23. The van der Waals surface area contributed by atoms with Crippen molar-refractivity contribution in [3.63, 3.8) is 0 Å². The maximum atomic E-state index is 5.88.